The van der Waals surface area contributed by atoms with Gasteiger partial charge in [-0.2, -0.15) is 0 Å². The van der Waals surface area contributed by atoms with Crippen molar-refractivity contribution in [3.05, 3.63) is 38.0 Å². The number of hydrogen-bond donors (Lipinski definition) is 6. The van der Waals surface area contributed by atoms with Crippen LogP contribution in [-0.2, 0) is 70.2 Å². The van der Waals surface area contributed by atoms with Gasteiger partial charge in [0, 0.05) is 20.6 Å². The fraction of sp³-hybridized carbons (Fsp3) is 0.529. The van der Waals surface area contributed by atoms with E-state index >= 15 is 0 Å². The minimum Gasteiger partial charge on any atom is -0.481 e. The Bertz CT molecular complexity index is 2770. The average molecular weight is 994 g/mol. The summed E-state index contributed by atoms with van der Waals surface area (Å²) in [6.45, 7) is -0.479. The van der Waals surface area contributed by atoms with Gasteiger partial charge in [0.05, 0.1) is 25.1 Å². The fourth-order valence-electron chi connectivity index (χ4n) is 8.09. The molecule has 3 aliphatic rings. The van der Waals surface area contributed by atoms with Crippen molar-refractivity contribution >= 4 is 94.8 Å². The second-order valence-electron chi connectivity index (χ2n) is 14.9. The maximum Gasteiger partial charge on any atom is 0.522 e. The van der Waals surface area contributed by atoms with Gasteiger partial charge >= 0.3 is 20.3 Å². The molecule has 14 atom stereocenters. The average Bonchev–Trinajstić information content (AvgIpc) is 4.16. The van der Waals surface area contributed by atoms with Crippen LogP contribution >= 0.6 is 14.3 Å². The van der Waals surface area contributed by atoms with Gasteiger partial charge in [-0.1, -0.05) is 0 Å². The van der Waals surface area contributed by atoms with Crippen LogP contribution < -0.4 is 17.2 Å². The monoisotopic (exact) mass is 993 g/mol. The summed E-state index contributed by atoms with van der Waals surface area (Å²) in [6, 6.07) is 0. The quantitative estimate of drug-likeness (QED) is 0.0613. The Balaban J connectivity index is 0.908. The Morgan fingerprint density at radius 1 is 0.621 bits per heavy atom. The number of nitrogens with zero attached hydrogens (tertiary/aromatic N) is 12. The molecule has 3 saturated heterocycles. The number of anilines is 3. The number of fused-ring (bicyclic) bond motifs is 3. The van der Waals surface area contributed by atoms with Gasteiger partial charge in [-0.25, -0.2) is 44.9 Å². The molecule has 3 fully saturated rings. The molecule has 0 bridgehead atoms. The van der Waals surface area contributed by atoms with Crippen LogP contribution in [0, 0.1) is 0 Å². The molecule has 9 N–H and O–H groups in total. The summed E-state index contributed by atoms with van der Waals surface area (Å²) in [5.74, 6) is -0.611. The standard InChI is InChI=1S/C34H39N15O13P2S2/c1-54-22-13(3-4-16(50)51)58-33(48-11-45-18-27(36)39-8-42-30(18)48)24(22)61-64(66)57-6-15-23(55-2)25(34(60-15)49-12-46-19-28(37)40-9-43-31(19)49)62-63(65)56-5-14-20(52)21(53)32(59-14)47-10-44-17-26(35)38-7-41-29(17)47/h7-15,20-25,32-34,52-53H,3-6H2,1-2H3,(H5-2,35,36,37,38,39,40,41,42,43,50,51)/p+2/t13-,14-,15-,20-,21-,22-,23-,24-,25-,32-,33-,34-/m1/s1. The van der Waals surface area contributed by atoms with Crippen LogP contribution in [0.15, 0.2) is 38.0 Å². The van der Waals surface area contributed by atoms with Crippen LogP contribution in [0.1, 0.15) is 31.5 Å². The van der Waals surface area contributed by atoms with E-state index < -0.39 is 93.9 Å². The normalized spacial score (nSPS) is 29.4. The summed E-state index contributed by atoms with van der Waals surface area (Å²) in [5.41, 5.74) is 20.0. The molecular formula is C34H41N15O13P2S2+2. The molecular weight excluding hydrogens is 953 g/mol. The lowest BCUT2D eigenvalue weighted by molar-refractivity contribution is -0.138. The number of carboxylic acids is 1. The smallest absolute Gasteiger partial charge is 0.481 e. The zero-order valence-electron chi connectivity index (χ0n) is 34.5. The highest BCUT2D eigenvalue weighted by atomic mass is 32.4. The third-order valence-corrected chi connectivity index (χ3v) is 13.9. The molecule has 9 rings (SSSR count). The molecule has 2 unspecified atom stereocenters. The predicted octanol–water partition coefficient (Wildman–Crippen LogP) is -0.0873. The third-order valence-electron chi connectivity index (χ3n) is 11.2. The van der Waals surface area contributed by atoms with Crippen LogP contribution in [0.4, 0.5) is 17.5 Å². The van der Waals surface area contributed by atoms with Gasteiger partial charge in [0.1, 0.15) is 85.4 Å². The molecule has 32 heteroatoms. The highest BCUT2D eigenvalue weighted by Gasteiger charge is 2.55. The number of nitrogens with two attached hydrogens (primary N) is 3. The molecule has 0 aromatic carbocycles. The van der Waals surface area contributed by atoms with E-state index in [9.17, 15) is 20.1 Å². The summed E-state index contributed by atoms with van der Waals surface area (Å²) < 4.78 is 60.2. The number of ether oxygens (including phenoxy) is 5. The number of methoxy groups -OCH3 is 2. The molecule has 0 amide bonds. The zero-order valence-corrected chi connectivity index (χ0v) is 37.9. The van der Waals surface area contributed by atoms with E-state index in [1.807, 2.05) is 0 Å². The number of hydrogen-bond acceptors (Lipinski definition) is 26. The second-order valence-corrected chi connectivity index (χ2v) is 18.6. The fourth-order valence-corrected chi connectivity index (χ4v) is 10.6. The summed E-state index contributed by atoms with van der Waals surface area (Å²) >= 11 is 11.4. The van der Waals surface area contributed by atoms with Gasteiger partial charge in [-0.15, -0.1) is 18.1 Å². The SMILES string of the molecule is CO[C@H]1[C@@H](O[P+](=S)OC[C@H]2O[C@@H](n3cnc4c(N)ncnc43)[C@H](O[P+](=S)OC[C@H]3O[C@@H](n4cnc5c(N)ncnc54)[C@H](O)[C@@H]3O)[C@@H]2OC)[C@H](n2cnc3c(N)ncnc32)O[C@@H]1CCC(=O)O. The number of carbonyl (C=O) groups is 1. The van der Waals surface area contributed by atoms with Crippen molar-refractivity contribution in [2.45, 2.75) is 86.5 Å². The highest BCUT2D eigenvalue weighted by molar-refractivity contribution is 8.01. The van der Waals surface area contributed by atoms with Crippen molar-refractivity contribution in [1.82, 2.24) is 58.6 Å². The van der Waals surface area contributed by atoms with Crippen molar-refractivity contribution in [2.24, 2.45) is 0 Å². The molecule has 0 aliphatic carbocycles. The van der Waals surface area contributed by atoms with E-state index in [2.05, 4.69) is 44.9 Å². The first kappa shape index (κ1) is 46.2. The number of rotatable bonds is 18. The lowest BCUT2D eigenvalue weighted by Crippen LogP contribution is -2.37. The van der Waals surface area contributed by atoms with E-state index in [1.165, 1.54) is 56.8 Å². The van der Waals surface area contributed by atoms with E-state index in [4.69, 9.17) is 82.6 Å². The Hall–Kier alpha value is -4.88. The second kappa shape index (κ2) is 19.4. The molecule has 350 valence electrons. The van der Waals surface area contributed by atoms with E-state index in [0.717, 1.165) is 0 Å². The van der Waals surface area contributed by atoms with Crippen LogP contribution in [0.25, 0.3) is 33.5 Å². The van der Waals surface area contributed by atoms with Crippen molar-refractivity contribution in [2.75, 3.05) is 44.6 Å². The van der Waals surface area contributed by atoms with Gasteiger partial charge in [-0.3, -0.25) is 18.5 Å². The van der Waals surface area contributed by atoms with Gasteiger partial charge in [0.25, 0.3) is 0 Å². The molecule has 0 radical (unpaired) electrons. The number of aromatic nitrogens is 12. The largest absolute Gasteiger partial charge is 0.522 e. The van der Waals surface area contributed by atoms with E-state index in [1.54, 1.807) is 9.13 Å². The maximum absolute atomic E-state index is 11.6. The number of imidazole rings is 3. The number of carboxylic acid groups (broad SMARTS) is 1. The number of aliphatic carboxylic acids is 1. The van der Waals surface area contributed by atoms with Crippen LogP contribution in [0.5, 0.6) is 0 Å². The number of aliphatic hydroxyl groups excluding tert-OH is 2. The molecule has 28 nitrogen and oxygen atoms in total. The summed E-state index contributed by atoms with van der Waals surface area (Å²) in [7, 11) is -1.46. The van der Waals surface area contributed by atoms with E-state index in [-0.39, 0.29) is 43.5 Å². The van der Waals surface area contributed by atoms with Gasteiger partial charge < -0.3 is 56.2 Å². The third kappa shape index (κ3) is 8.74. The van der Waals surface area contributed by atoms with Crippen LogP contribution in [0.3, 0.4) is 0 Å². The summed E-state index contributed by atoms with van der Waals surface area (Å²) in [6.07, 6.45) is -4.15. The minimum atomic E-state index is -2.19. The molecule has 66 heavy (non-hydrogen) atoms. The molecule has 3 aliphatic heterocycles. The molecule has 0 spiro atoms. The van der Waals surface area contributed by atoms with Crippen molar-refractivity contribution < 1.29 is 61.9 Å². The Morgan fingerprint density at radius 3 is 1.48 bits per heavy atom. The van der Waals surface area contributed by atoms with E-state index in [0.29, 0.717) is 33.5 Å². The number of aliphatic hydroxyl groups is 2. The minimum absolute atomic E-state index is 0.0956. The summed E-state index contributed by atoms with van der Waals surface area (Å²) in [4.78, 5) is 49.4. The lowest BCUT2D eigenvalue weighted by Gasteiger charge is -2.20. The molecule has 6 aromatic heterocycles. The lowest BCUT2D eigenvalue weighted by atomic mass is 10.1. The summed E-state index contributed by atoms with van der Waals surface area (Å²) in [5, 5.41) is 31.4. The maximum atomic E-state index is 11.6. The number of nitrogen functional groups attached to an aromatic ring is 3. The first-order chi connectivity index (χ1) is 31.9. The zero-order chi connectivity index (χ0) is 46.4. The van der Waals surface area contributed by atoms with Gasteiger partial charge in [-0.05, 0) is 6.42 Å². The van der Waals surface area contributed by atoms with Crippen LogP contribution in [-0.4, -0.2) is 162 Å². The Morgan fingerprint density at radius 2 is 1.03 bits per heavy atom. The molecule has 6 aromatic rings. The Kier molecular flexibility index (Phi) is 13.6. The van der Waals surface area contributed by atoms with Crippen LogP contribution in [0.2, 0.25) is 0 Å². The van der Waals surface area contributed by atoms with Gasteiger partial charge in [0.15, 0.2) is 65.3 Å². The van der Waals surface area contributed by atoms with Crippen molar-refractivity contribution in [1.29, 1.82) is 0 Å². The predicted molar refractivity (Wildman–Crippen MR) is 232 cm³/mol. The van der Waals surface area contributed by atoms with Crippen molar-refractivity contribution in [3.8, 4) is 0 Å². The molecule has 9 heterocycles. The highest BCUT2D eigenvalue weighted by Crippen LogP contribution is 2.45. The Labute approximate surface area is 383 Å². The van der Waals surface area contributed by atoms with Gasteiger partial charge in [0.2, 0.25) is 23.6 Å². The molecule has 0 saturated carbocycles. The van der Waals surface area contributed by atoms with Crippen molar-refractivity contribution in [3.63, 3.8) is 0 Å². The first-order valence-electron chi connectivity index (χ1n) is 19.8. The topological polar surface area (TPSA) is 370 Å². The first-order valence-corrected chi connectivity index (χ1v) is 24.2.